The molecule has 1 aliphatic rings. The number of carboxylic acid groups (broad SMARTS) is 1. The van der Waals surface area contributed by atoms with E-state index in [1.807, 2.05) is 0 Å². The van der Waals surface area contributed by atoms with Gasteiger partial charge < -0.3 is 14.7 Å². The standard InChI is InChI=1S/C13H15NO4/c1-8-3-4-10(9(2)12(8)13(16)17)14-5-6-18-7-11(14)15/h3-4H,5-7H2,1-2H3,(H,16,17). The molecule has 0 saturated carbocycles. The Kier molecular flexibility index (Phi) is 3.34. The molecule has 1 amide bonds. The topological polar surface area (TPSA) is 66.8 Å². The van der Waals surface area contributed by atoms with Crippen LogP contribution in [0.1, 0.15) is 21.5 Å². The van der Waals surface area contributed by atoms with Crippen molar-refractivity contribution in [3.63, 3.8) is 0 Å². The number of carbonyl (C=O) groups is 2. The van der Waals surface area contributed by atoms with E-state index in [-0.39, 0.29) is 18.1 Å². The predicted molar refractivity (Wildman–Crippen MR) is 66.0 cm³/mol. The number of rotatable bonds is 2. The van der Waals surface area contributed by atoms with Crippen molar-refractivity contribution in [3.05, 3.63) is 28.8 Å². The maximum Gasteiger partial charge on any atom is 0.336 e. The minimum Gasteiger partial charge on any atom is -0.478 e. The third-order valence-electron chi connectivity index (χ3n) is 3.14. The summed E-state index contributed by atoms with van der Waals surface area (Å²) in [4.78, 5) is 24.6. The van der Waals surface area contributed by atoms with Gasteiger partial charge in [0, 0.05) is 12.2 Å². The molecule has 1 heterocycles. The number of morpholine rings is 1. The Morgan fingerprint density at radius 3 is 2.72 bits per heavy atom. The molecule has 0 radical (unpaired) electrons. The van der Waals surface area contributed by atoms with Gasteiger partial charge in [-0.05, 0) is 31.0 Å². The highest BCUT2D eigenvalue weighted by molar-refractivity contribution is 5.99. The van der Waals surface area contributed by atoms with Crippen molar-refractivity contribution in [3.8, 4) is 0 Å². The summed E-state index contributed by atoms with van der Waals surface area (Å²) < 4.78 is 5.07. The van der Waals surface area contributed by atoms with Crippen LogP contribution in [0.15, 0.2) is 12.1 Å². The van der Waals surface area contributed by atoms with Gasteiger partial charge in [-0.3, -0.25) is 4.79 Å². The van der Waals surface area contributed by atoms with E-state index in [1.54, 1.807) is 30.9 Å². The average molecular weight is 249 g/mol. The molecule has 96 valence electrons. The lowest BCUT2D eigenvalue weighted by molar-refractivity contribution is -0.125. The van der Waals surface area contributed by atoms with Gasteiger partial charge in [-0.1, -0.05) is 6.07 Å². The molecular formula is C13H15NO4. The van der Waals surface area contributed by atoms with E-state index < -0.39 is 5.97 Å². The zero-order chi connectivity index (χ0) is 13.3. The molecule has 0 spiro atoms. The molecule has 0 bridgehead atoms. The molecular weight excluding hydrogens is 234 g/mol. The van der Waals surface area contributed by atoms with Crippen molar-refractivity contribution in [2.45, 2.75) is 13.8 Å². The van der Waals surface area contributed by atoms with Gasteiger partial charge in [0.05, 0.1) is 12.2 Å². The van der Waals surface area contributed by atoms with Gasteiger partial charge in [-0.25, -0.2) is 4.79 Å². The zero-order valence-corrected chi connectivity index (χ0v) is 10.4. The second-order valence-electron chi connectivity index (χ2n) is 4.30. The van der Waals surface area contributed by atoms with Crippen molar-refractivity contribution >= 4 is 17.6 Å². The lowest BCUT2D eigenvalue weighted by Gasteiger charge is -2.29. The number of aryl methyl sites for hydroxylation is 1. The molecule has 0 aromatic heterocycles. The van der Waals surface area contributed by atoms with Crippen molar-refractivity contribution in [1.82, 2.24) is 0 Å². The Labute approximate surface area is 105 Å². The van der Waals surface area contributed by atoms with Gasteiger partial charge in [0.15, 0.2) is 0 Å². The first-order chi connectivity index (χ1) is 8.52. The molecule has 2 rings (SSSR count). The van der Waals surface area contributed by atoms with Crippen molar-refractivity contribution in [1.29, 1.82) is 0 Å². The second-order valence-corrected chi connectivity index (χ2v) is 4.30. The molecule has 0 atom stereocenters. The minimum absolute atomic E-state index is 0.0513. The Morgan fingerprint density at radius 2 is 2.11 bits per heavy atom. The summed E-state index contributed by atoms with van der Waals surface area (Å²) in [7, 11) is 0. The number of carbonyl (C=O) groups excluding carboxylic acids is 1. The fourth-order valence-electron chi connectivity index (χ4n) is 2.23. The summed E-state index contributed by atoms with van der Waals surface area (Å²) in [5.41, 5.74) is 2.25. The number of anilines is 1. The van der Waals surface area contributed by atoms with Crippen LogP contribution in [0.5, 0.6) is 0 Å². The molecule has 18 heavy (non-hydrogen) atoms. The molecule has 5 heteroatoms. The van der Waals surface area contributed by atoms with E-state index >= 15 is 0 Å². The van der Waals surface area contributed by atoms with Crippen molar-refractivity contribution in [2.24, 2.45) is 0 Å². The van der Waals surface area contributed by atoms with Crippen LogP contribution in [0.3, 0.4) is 0 Å². The molecule has 1 aliphatic heterocycles. The number of hydrogen-bond donors (Lipinski definition) is 1. The highest BCUT2D eigenvalue weighted by atomic mass is 16.5. The first-order valence-electron chi connectivity index (χ1n) is 5.74. The Morgan fingerprint density at radius 1 is 1.39 bits per heavy atom. The highest BCUT2D eigenvalue weighted by Gasteiger charge is 2.24. The molecule has 1 aromatic carbocycles. The third-order valence-corrected chi connectivity index (χ3v) is 3.14. The van der Waals surface area contributed by atoms with E-state index in [0.29, 0.717) is 30.0 Å². The van der Waals surface area contributed by atoms with Gasteiger partial charge in [0.25, 0.3) is 5.91 Å². The fourth-order valence-corrected chi connectivity index (χ4v) is 2.23. The third kappa shape index (κ3) is 2.09. The average Bonchev–Trinajstić information content (AvgIpc) is 2.30. The molecule has 5 nitrogen and oxygen atoms in total. The van der Waals surface area contributed by atoms with E-state index in [0.717, 1.165) is 0 Å². The summed E-state index contributed by atoms with van der Waals surface area (Å²) in [5.74, 6) is -1.10. The van der Waals surface area contributed by atoms with Gasteiger partial charge in [-0.2, -0.15) is 0 Å². The van der Waals surface area contributed by atoms with E-state index in [9.17, 15) is 14.7 Å². The van der Waals surface area contributed by atoms with Crippen molar-refractivity contribution < 1.29 is 19.4 Å². The summed E-state index contributed by atoms with van der Waals surface area (Å²) >= 11 is 0. The molecule has 0 aliphatic carbocycles. The monoisotopic (exact) mass is 249 g/mol. The minimum atomic E-state index is -0.965. The fraction of sp³-hybridized carbons (Fsp3) is 0.385. The van der Waals surface area contributed by atoms with Gasteiger partial charge >= 0.3 is 5.97 Å². The number of amides is 1. The Hall–Kier alpha value is -1.88. The summed E-state index contributed by atoms with van der Waals surface area (Å²) in [6.07, 6.45) is 0. The first-order valence-corrected chi connectivity index (χ1v) is 5.74. The van der Waals surface area contributed by atoms with Crippen LogP contribution in [0, 0.1) is 13.8 Å². The number of nitrogens with zero attached hydrogens (tertiary/aromatic N) is 1. The zero-order valence-electron chi connectivity index (χ0n) is 10.4. The first kappa shape index (κ1) is 12.6. The lowest BCUT2D eigenvalue weighted by Crippen LogP contribution is -2.42. The normalized spacial score (nSPS) is 15.9. The number of benzene rings is 1. The number of aromatic carboxylic acids is 1. The van der Waals surface area contributed by atoms with Crippen LogP contribution in [0.25, 0.3) is 0 Å². The van der Waals surface area contributed by atoms with E-state index in [1.165, 1.54) is 0 Å². The second kappa shape index (κ2) is 4.78. The van der Waals surface area contributed by atoms with E-state index in [4.69, 9.17) is 4.74 Å². The van der Waals surface area contributed by atoms with Gasteiger partial charge in [0.2, 0.25) is 0 Å². The molecule has 1 saturated heterocycles. The van der Waals surface area contributed by atoms with Crippen LogP contribution in [-0.2, 0) is 9.53 Å². The lowest BCUT2D eigenvalue weighted by atomic mass is 10.0. The number of ether oxygens (including phenoxy) is 1. The molecule has 1 aromatic rings. The van der Waals surface area contributed by atoms with Crippen molar-refractivity contribution in [2.75, 3.05) is 24.7 Å². The van der Waals surface area contributed by atoms with Crippen LogP contribution in [0.4, 0.5) is 5.69 Å². The largest absolute Gasteiger partial charge is 0.478 e. The van der Waals surface area contributed by atoms with E-state index in [2.05, 4.69) is 0 Å². The number of hydrogen-bond acceptors (Lipinski definition) is 3. The van der Waals surface area contributed by atoms with Crippen LogP contribution < -0.4 is 4.90 Å². The quantitative estimate of drug-likeness (QED) is 0.859. The molecule has 1 fully saturated rings. The predicted octanol–water partition coefficient (Wildman–Crippen LogP) is 1.36. The van der Waals surface area contributed by atoms with Gasteiger partial charge in [0.1, 0.15) is 6.61 Å². The Balaban J connectivity index is 2.48. The molecule has 1 N–H and O–H groups in total. The van der Waals surface area contributed by atoms with Crippen LogP contribution >= 0.6 is 0 Å². The molecule has 0 unspecified atom stereocenters. The SMILES string of the molecule is Cc1ccc(N2CCOCC2=O)c(C)c1C(=O)O. The van der Waals surface area contributed by atoms with Crippen LogP contribution in [-0.4, -0.2) is 36.7 Å². The summed E-state index contributed by atoms with van der Waals surface area (Å²) in [6.45, 7) is 4.47. The summed E-state index contributed by atoms with van der Waals surface area (Å²) in [6, 6.07) is 3.52. The number of carboxylic acids is 1. The van der Waals surface area contributed by atoms with Crippen LogP contribution in [0.2, 0.25) is 0 Å². The maximum absolute atomic E-state index is 11.8. The highest BCUT2D eigenvalue weighted by Crippen LogP contribution is 2.27. The Bertz CT molecular complexity index is 510. The summed E-state index contributed by atoms with van der Waals surface area (Å²) in [5, 5.41) is 9.21. The smallest absolute Gasteiger partial charge is 0.336 e. The van der Waals surface area contributed by atoms with Gasteiger partial charge in [-0.15, -0.1) is 0 Å². The maximum atomic E-state index is 11.8.